The van der Waals surface area contributed by atoms with Crippen molar-refractivity contribution in [2.24, 2.45) is 16.3 Å². The van der Waals surface area contributed by atoms with E-state index in [0.717, 1.165) is 0 Å². The first-order valence-electron chi connectivity index (χ1n) is 4.75. The zero-order chi connectivity index (χ0) is 13.1. The van der Waals surface area contributed by atoms with E-state index in [1.165, 1.54) is 12.5 Å². The van der Waals surface area contributed by atoms with Crippen LogP contribution in [0.15, 0.2) is 22.7 Å². The Morgan fingerprint density at radius 1 is 1.71 bits per heavy atom. The molecular weight excluding hydrogens is 246 g/mol. The average molecular weight is 261 g/mol. The standard InChI is InChI=1S/C8H15N5O3S/c1-8(2,7(9)13-14)4-12-17(15,16)6-3-10-5-11-6/h3,5,12,14H,4H2,1-2H3,(H2,9,13)(H,10,11). The van der Waals surface area contributed by atoms with Crippen molar-refractivity contribution in [3.8, 4) is 0 Å². The van der Waals surface area contributed by atoms with Crippen LogP contribution in [0.1, 0.15) is 13.8 Å². The number of hydrogen-bond acceptors (Lipinski definition) is 5. The monoisotopic (exact) mass is 261 g/mol. The minimum atomic E-state index is -3.65. The van der Waals surface area contributed by atoms with Gasteiger partial charge in [-0.15, -0.1) is 0 Å². The first kappa shape index (κ1) is 13.5. The summed E-state index contributed by atoms with van der Waals surface area (Å²) in [6, 6.07) is 0. The summed E-state index contributed by atoms with van der Waals surface area (Å²) in [6.45, 7) is 3.30. The van der Waals surface area contributed by atoms with Crippen LogP contribution in [0.3, 0.4) is 0 Å². The average Bonchev–Trinajstić information content (AvgIpc) is 2.79. The van der Waals surface area contributed by atoms with Crippen LogP contribution in [0.4, 0.5) is 0 Å². The molecule has 17 heavy (non-hydrogen) atoms. The summed E-state index contributed by atoms with van der Waals surface area (Å²) in [4.78, 5) is 6.11. The topological polar surface area (TPSA) is 133 Å². The second kappa shape index (κ2) is 4.72. The second-order valence-corrected chi connectivity index (χ2v) is 5.84. The number of nitrogens with zero attached hydrogens (tertiary/aromatic N) is 2. The van der Waals surface area contributed by atoms with Gasteiger partial charge in [0.1, 0.15) is 5.84 Å². The van der Waals surface area contributed by atoms with E-state index in [1.54, 1.807) is 13.8 Å². The second-order valence-electron chi connectivity index (χ2n) is 4.11. The molecule has 5 N–H and O–H groups in total. The van der Waals surface area contributed by atoms with Crippen molar-refractivity contribution in [2.75, 3.05) is 6.54 Å². The van der Waals surface area contributed by atoms with Gasteiger partial charge in [-0.25, -0.2) is 18.1 Å². The molecule has 0 radical (unpaired) electrons. The Labute approximate surface area is 99.0 Å². The van der Waals surface area contributed by atoms with E-state index in [0.29, 0.717) is 0 Å². The van der Waals surface area contributed by atoms with Gasteiger partial charge in [-0.05, 0) is 0 Å². The van der Waals surface area contributed by atoms with Crippen LogP contribution in [0, 0.1) is 5.41 Å². The number of hydrogen-bond donors (Lipinski definition) is 4. The molecule has 0 fully saturated rings. The number of aromatic amines is 1. The van der Waals surface area contributed by atoms with Crippen LogP contribution >= 0.6 is 0 Å². The molecule has 0 unspecified atom stereocenters. The molecule has 0 atom stereocenters. The fourth-order valence-corrected chi connectivity index (χ4v) is 2.08. The molecule has 1 rings (SSSR count). The van der Waals surface area contributed by atoms with Gasteiger partial charge in [0.05, 0.1) is 12.5 Å². The molecule has 1 heterocycles. The van der Waals surface area contributed by atoms with Gasteiger partial charge in [-0.1, -0.05) is 19.0 Å². The summed E-state index contributed by atoms with van der Waals surface area (Å²) >= 11 is 0. The Morgan fingerprint density at radius 2 is 2.35 bits per heavy atom. The molecule has 0 spiro atoms. The molecule has 0 aliphatic rings. The van der Waals surface area contributed by atoms with Crippen molar-refractivity contribution in [1.29, 1.82) is 0 Å². The van der Waals surface area contributed by atoms with E-state index in [-0.39, 0.29) is 17.4 Å². The number of amidine groups is 1. The SMILES string of the molecule is CC(C)(CNS(=O)(=O)c1cnc[nH]1)C(N)=NO. The molecule has 8 nitrogen and oxygen atoms in total. The van der Waals surface area contributed by atoms with Crippen LogP contribution < -0.4 is 10.5 Å². The normalized spacial score (nSPS) is 13.9. The highest BCUT2D eigenvalue weighted by Gasteiger charge is 2.27. The predicted octanol–water partition coefficient (Wildman–Crippen LogP) is -0.539. The Hall–Kier alpha value is -1.61. The number of aromatic nitrogens is 2. The lowest BCUT2D eigenvalue weighted by Crippen LogP contribution is -2.42. The summed E-state index contributed by atoms with van der Waals surface area (Å²) in [5.74, 6) is -0.0511. The first-order valence-corrected chi connectivity index (χ1v) is 6.24. The molecule has 0 aliphatic carbocycles. The molecule has 9 heteroatoms. The Kier molecular flexibility index (Phi) is 3.73. The molecule has 1 aromatic rings. The summed E-state index contributed by atoms with van der Waals surface area (Å²) in [6.07, 6.45) is 2.46. The van der Waals surface area contributed by atoms with Gasteiger partial charge in [0, 0.05) is 12.0 Å². The van der Waals surface area contributed by atoms with Crippen molar-refractivity contribution in [3.05, 3.63) is 12.5 Å². The Morgan fingerprint density at radius 3 is 2.82 bits per heavy atom. The van der Waals surface area contributed by atoms with E-state index < -0.39 is 15.4 Å². The largest absolute Gasteiger partial charge is 0.409 e. The molecule has 96 valence electrons. The molecule has 0 aliphatic heterocycles. The molecule has 0 saturated carbocycles. The van der Waals surface area contributed by atoms with Crippen LogP contribution in [-0.4, -0.2) is 36.0 Å². The van der Waals surface area contributed by atoms with E-state index in [2.05, 4.69) is 19.8 Å². The van der Waals surface area contributed by atoms with Gasteiger partial charge in [0.2, 0.25) is 0 Å². The minimum Gasteiger partial charge on any atom is -0.409 e. The number of rotatable bonds is 5. The highest BCUT2D eigenvalue weighted by Crippen LogP contribution is 2.14. The van der Waals surface area contributed by atoms with E-state index in [9.17, 15) is 8.42 Å². The van der Waals surface area contributed by atoms with Gasteiger partial charge in [-0.3, -0.25) is 0 Å². The number of imidazole rings is 1. The number of oxime groups is 1. The molecule has 1 aromatic heterocycles. The Bertz CT molecular complexity index is 491. The number of nitrogens with two attached hydrogens (primary N) is 1. The maximum absolute atomic E-state index is 11.7. The van der Waals surface area contributed by atoms with Crippen LogP contribution in [0.2, 0.25) is 0 Å². The lowest BCUT2D eigenvalue weighted by molar-refractivity contribution is 0.307. The van der Waals surface area contributed by atoms with Gasteiger partial charge >= 0.3 is 0 Å². The highest BCUT2D eigenvalue weighted by atomic mass is 32.2. The Balaban J connectivity index is 2.76. The van der Waals surface area contributed by atoms with Crippen molar-refractivity contribution in [2.45, 2.75) is 18.9 Å². The van der Waals surface area contributed by atoms with E-state index >= 15 is 0 Å². The lowest BCUT2D eigenvalue weighted by Gasteiger charge is -2.22. The lowest BCUT2D eigenvalue weighted by atomic mass is 9.93. The molecule has 0 aromatic carbocycles. The zero-order valence-electron chi connectivity index (χ0n) is 9.51. The number of H-pyrrole nitrogens is 1. The third-order valence-corrected chi connectivity index (χ3v) is 3.59. The number of nitrogens with one attached hydrogen (secondary N) is 2. The summed E-state index contributed by atoms with van der Waals surface area (Å²) < 4.78 is 25.8. The number of sulfonamides is 1. The van der Waals surface area contributed by atoms with E-state index in [1.807, 2.05) is 0 Å². The highest BCUT2D eigenvalue weighted by molar-refractivity contribution is 7.89. The van der Waals surface area contributed by atoms with Gasteiger partial charge in [0.25, 0.3) is 10.0 Å². The fourth-order valence-electron chi connectivity index (χ4n) is 0.969. The van der Waals surface area contributed by atoms with Gasteiger partial charge in [-0.2, -0.15) is 0 Å². The van der Waals surface area contributed by atoms with Crippen molar-refractivity contribution < 1.29 is 13.6 Å². The van der Waals surface area contributed by atoms with Crippen LogP contribution in [0.25, 0.3) is 0 Å². The van der Waals surface area contributed by atoms with Crippen molar-refractivity contribution in [3.63, 3.8) is 0 Å². The van der Waals surface area contributed by atoms with E-state index in [4.69, 9.17) is 10.9 Å². The maximum atomic E-state index is 11.7. The first-order chi connectivity index (χ1) is 7.79. The van der Waals surface area contributed by atoms with Gasteiger partial charge in [0.15, 0.2) is 5.03 Å². The summed E-state index contributed by atoms with van der Waals surface area (Å²) in [5, 5.41) is 11.4. The molecular formula is C8H15N5O3S. The summed E-state index contributed by atoms with van der Waals surface area (Å²) in [7, 11) is -3.65. The fraction of sp³-hybridized carbons (Fsp3) is 0.500. The third kappa shape index (κ3) is 3.17. The minimum absolute atomic E-state index is 0.00421. The summed E-state index contributed by atoms with van der Waals surface area (Å²) in [5.41, 5.74) is 4.65. The van der Waals surface area contributed by atoms with Crippen molar-refractivity contribution >= 4 is 15.9 Å². The maximum Gasteiger partial charge on any atom is 0.257 e. The predicted molar refractivity (Wildman–Crippen MR) is 61.0 cm³/mol. The molecule has 0 saturated heterocycles. The van der Waals surface area contributed by atoms with Gasteiger partial charge < -0.3 is 15.9 Å². The van der Waals surface area contributed by atoms with Crippen molar-refractivity contribution in [1.82, 2.24) is 14.7 Å². The third-order valence-electron chi connectivity index (χ3n) is 2.27. The zero-order valence-corrected chi connectivity index (χ0v) is 10.3. The quantitative estimate of drug-likeness (QED) is 0.244. The molecule has 0 amide bonds. The smallest absolute Gasteiger partial charge is 0.257 e. The van der Waals surface area contributed by atoms with Crippen LogP contribution in [0.5, 0.6) is 0 Å². The van der Waals surface area contributed by atoms with Crippen LogP contribution in [-0.2, 0) is 10.0 Å². The molecule has 0 bridgehead atoms.